The molecule has 1 amide bonds. The monoisotopic (exact) mass is 280 g/mol. The number of nitrogens with one attached hydrogen (secondary N) is 1. The number of aromatic nitrogens is 1. The molecule has 1 aromatic heterocycles. The number of amides is 1. The Bertz CT molecular complexity index is 763. The Morgan fingerprint density at radius 1 is 1.14 bits per heavy atom. The third kappa shape index (κ3) is 2.89. The maximum Gasteiger partial charge on any atom is 0.417 e. The second-order valence-corrected chi connectivity index (χ2v) is 4.70. The van der Waals surface area contributed by atoms with Crippen LogP contribution < -0.4 is 10.1 Å². The van der Waals surface area contributed by atoms with Crippen molar-refractivity contribution in [3.05, 3.63) is 60.8 Å². The van der Waals surface area contributed by atoms with Gasteiger partial charge in [0.15, 0.2) is 0 Å². The SMILES string of the molecule is CCn1ccc2cc(NC(=O)Oc3ccccc3)ccc21. The highest BCUT2D eigenvalue weighted by molar-refractivity contribution is 5.91. The Kier molecular flexibility index (Phi) is 3.60. The molecule has 4 nitrogen and oxygen atoms in total. The van der Waals surface area contributed by atoms with E-state index in [-0.39, 0.29) is 0 Å². The molecular formula is C17H16N2O2. The van der Waals surface area contributed by atoms with Crippen molar-refractivity contribution in [2.24, 2.45) is 0 Å². The number of para-hydroxylation sites is 1. The molecule has 0 saturated carbocycles. The first-order valence-corrected chi connectivity index (χ1v) is 6.89. The highest BCUT2D eigenvalue weighted by Crippen LogP contribution is 2.21. The lowest BCUT2D eigenvalue weighted by Gasteiger charge is -2.07. The molecule has 0 atom stereocenters. The number of carbonyl (C=O) groups excluding carboxylic acids is 1. The van der Waals surface area contributed by atoms with E-state index in [2.05, 4.69) is 16.8 Å². The van der Waals surface area contributed by atoms with Crippen molar-refractivity contribution in [2.75, 3.05) is 5.32 Å². The molecule has 4 heteroatoms. The number of hydrogen-bond donors (Lipinski definition) is 1. The van der Waals surface area contributed by atoms with E-state index in [1.165, 1.54) is 0 Å². The van der Waals surface area contributed by atoms with Gasteiger partial charge in [-0.2, -0.15) is 0 Å². The summed E-state index contributed by atoms with van der Waals surface area (Å²) in [5, 5.41) is 3.83. The first-order chi connectivity index (χ1) is 10.3. The average molecular weight is 280 g/mol. The summed E-state index contributed by atoms with van der Waals surface area (Å²) in [6, 6.07) is 16.8. The van der Waals surface area contributed by atoms with Crippen molar-refractivity contribution < 1.29 is 9.53 Å². The van der Waals surface area contributed by atoms with Crippen LogP contribution in [0.1, 0.15) is 6.92 Å². The highest BCUT2D eigenvalue weighted by Gasteiger charge is 2.06. The van der Waals surface area contributed by atoms with Crippen molar-refractivity contribution in [1.29, 1.82) is 0 Å². The Balaban J connectivity index is 1.74. The summed E-state index contributed by atoms with van der Waals surface area (Å²) in [7, 11) is 0. The fourth-order valence-electron chi connectivity index (χ4n) is 2.29. The van der Waals surface area contributed by atoms with Crippen LogP contribution in [-0.4, -0.2) is 10.7 Å². The Morgan fingerprint density at radius 3 is 2.71 bits per heavy atom. The topological polar surface area (TPSA) is 43.3 Å². The lowest BCUT2D eigenvalue weighted by atomic mass is 10.2. The summed E-state index contributed by atoms with van der Waals surface area (Å²) >= 11 is 0. The average Bonchev–Trinajstić information content (AvgIpc) is 2.90. The zero-order valence-electron chi connectivity index (χ0n) is 11.7. The summed E-state index contributed by atoms with van der Waals surface area (Å²) in [5.41, 5.74) is 1.87. The minimum Gasteiger partial charge on any atom is -0.410 e. The quantitative estimate of drug-likeness (QED) is 0.778. The summed E-state index contributed by atoms with van der Waals surface area (Å²) in [6.45, 7) is 3.02. The number of benzene rings is 2. The number of anilines is 1. The van der Waals surface area contributed by atoms with Crippen LogP contribution >= 0.6 is 0 Å². The van der Waals surface area contributed by atoms with E-state index in [0.717, 1.165) is 23.1 Å². The van der Waals surface area contributed by atoms with Gasteiger partial charge >= 0.3 is 6.09 Å². The molecular weight excluding hydrogens is 264 g/mol. The van der Waals surface area contributed by atoms with E-state index in [1.54, 1.807) is 12.1 Å². The Labute approximate surface area is 123 Å². The van der Waals surface area contributed by atoms with Gasteiger partial charge in [0.2, 0.25) is 0 Å². The van der Waals surface area contributed by atoms with Gasteiger partial charge in [-0.15, -0.1) is 0 Å². The molecule has 0 spiro atoms. The van der Waals surface area contributed by atoms with Gasteiger partial charge in [-0.25, -0.2) is 4.79 Å². The third-order valence-electron chi connectivity index (χ3n) is 3.31. The minimum absolute atomic E-state index is 0.490. The van der Waals surface area contributed by atoms with Crippen molar-refractivity contribution in [1.82, 2.24) is 4.57 Å². The standard InChI is InChI=1S/C17H16N2O2/c1-2-19-11-10-13-12-14(8-9-16(13)19)18-17(20)21-15-6-4-3-5-7-15/h3-12H,2H2,1H3,(H,18,20). The van der Waals surface area contributed by atoms with E-state index >= 15 is 0 Å². The first-order valence-electron chi connectivity index (χ1n) is 6.89. The largest absolute Gasteiger partial charge is 0.417 e. The lowest BCUT2D eigenvalue weighted by molar-refractivity contribution is 0.215. The predicted octanol–water partition coefficient (Wildman–Crippen LogP) is 4.27. The zero-order valence-corrected chi connectivity index (χ0v) is 11.7. The number of fused-ring (bicyclic) bond motifs is 1. The van der Waals surface area contributed by atoms with Crippen LogP contribution in [0.2, 0.25) is 0 Å². The Hall–Kier alpha value is -2.75. The molecule has 3 rings (SSSR count). The van der Waals surface area contributed by atoms with Crippen molar-refractivity contribution in [3.63, 3.8) is 0 Å². The van der Waals surface area contributed by atoms with Crippen LogP contribution in [0.3, 0.4) is 0 Å². The number of rotatable bonds is 3. The van der Waals surface area contributed by atoms with Gasteiger partial charge in [0.05, 0.1) is 0 Å². The summed E-state index contributed by atoms with van der Waals surface area (Å²) in [5.74, 6) is 0.521. The summed E-state index contributed by atoms with van der Waals surface area (Å²) < 4.78 is 7.36. The van der Waals surface area contributed by atoms with Crippen LogP contribution in [0.5, 0.6) is 5.75 Å². The first kappa shape index (κ1) is 13.2. The minimum atomic E-state index is -0.490. The number of ether oxygens (including phenoxy) is 1. The second-order valence-electron chi connectivity index (χ2n) is 4.70. The molecule has 1 heterocycles. The van der Waals surface area contributed by atoms with Crippen molar-refractivity contribution in [2.45, 2.75) is 13.5 Å². The fraction of sp³-hybridized carbons (Fsp3) is 0.118. The maximum absolute atomic E-state index is 11.8. The van der Waals surface area contributed by atoms with E-state index in [1.807, 2.05) is 48.7 Å². The van der Waals surface area contributed by atoms with Gasteiger partial charge in [-0.05, 0) is 43.3 Å². The molecule has 106 valence electrons. The second kappa shape index (κ2) is 5.71. The number of nitrogens with zero attached hydrogens (tertiary/aromatic N) is 1. The zero-order chi connectivity index (χ0) is 14.7. The maximum atomic E-state index is 11.8. The van der Waals surface area contributed by atoms with Gasteiger partial charge in [-0.1, -0.05) is 18.2 Å². The summed E-state index contributed by atoms with van der Waals surface area (Å²) in [4.78, 5) is 11.8. The van der Waals surface area contributed by atoms with Gasteiger partial charge in [0, 0.05) is 29.3 Å². The van der Waals surface area contributed by atoms with Gasteiger partial charge in [0.1, 0.15) is 5.75 Å². The van der Waals surface area contributed by atoms with Crippen molar-refractivity contribution >= 4 is 22.7 Å². The van der Waals surface area contributed by atoms with Crippen LogP contribution in [0.25, 0.3) is 10.9 Å². The number of carbonyl (C=O) groups is 1. The molecule has 0 radical (unpaired) electrons. The number of hydrogen-bond acceptors (Lipinski definition) is 2. The predicted molar refractivity (Wildman–Crippen MR) is 83.7 cm³/mol. The van der Waals surface area contributed by atoms with E-state index in [9.17, 15) is 4.79 Å². The normalized spacial score (nSPS) is 10.5. The lowest BCUT2D eigenvalue weighted by Crippen LogP contribution is -2.16. The molecule has 0 aliphatic carbocycles. The highest BCUT2D eigenvalue weighted by atomic mass is 16.6. The molecule has 1 N–H and O–H groups in total. The molecule has 0 saturated heterocycles. The fourth-order valence-corrected chi connectivity index (χ4v) is 2.29. The van der Waals surface area contributed by atoms with Crippen LogP contribution in [-0.2, 0) is 6.54 Å². The third-order valence-corrected chi connectivity index (χ3v) is 3.31. The van der Waals surface area contributed by atoms with E-state index in [0.29, 0.717) is 5.75 Å². The molecule has 21 heavy (non-hydrogen) atoms. The molecule has 0 unspecified atom stereocenters. The molecule has 0 fully saturated rings. The Morgan fingerprint density at radius 2 is 1.95 bits per heavy atom. The van der Waals surface area contributed by atoms with Crippen LogP contribution in [0.15, 0.2) is 60.8 Å². The van der Waals surface area contributed by atoms with Crippen LogP contribution in [0, 0.1) is 0 Å². The van der Waals surface area contributed by atoms with Gasteiger partial charge in [-0.3, -0.25) is 5.32 Å². The number of aryl methyl sites for hydroxylation is 1. The molecule has 0 aliphatic rings. The molecule has 3 aromatic rings. The van der Waals surface area contributed by atoms with E-state index in [4.69, 9.17) is 4.74 Å². The van der Waals surface area contributed by atoms with Crippen LogP contribution in [0.4, 0.5) is 10.5 Å². The van der Waals surface area contributed by atoms with Gasteiger partial charge < -0.3 is 9.30 Å². The molecule has 0 aliphatic heterocycles. The van der Waals surface area contributed by atoms with Crippen molar-refractivity contribution in [3.8, 4) is 5.75 Å². The van der Waals surface area contributed by atoms with E-state index < -0.39 is 6.09 Å². The molecule has 2 aromatic carbocycles. The van der Waals surface area contributed by atoms with Gasteiger partial charge in [0.25, 0.3) is 0 Å². The smallest absolute Gasteiger partial charge is 0.410 e. The summed E-state index contributed by atoms with van der Waals surface area (Å²) in [6.07, 6.45) is 1.55. The molecule has 0 bridgehead atoms.